The first-order valence-corrected chi connectivity index (χ1v) is 7.12. The summed E-state index contributed by atoms with van der Waals surface area (Å²) in [7, 11) is 0. The van der Waals surface area contributed by atoms with Gasteiger partial charge in [-0.15, -0.1) is 0 Å². The van der Waals surface area contributed by atoms with Crippen molar-refractivity contribution in [1.82, 2.24) is 4.90 Å². The number of carbonyl (C=O) groups is 2. The van der Waals surface area contributed by atoms with Gasteiger partial charge in [-0.1, -0.05) is 18.2 Å². The van der Waals surface area contributed by atoms with Crippen molar-refractivity contribution in [3.8, 4) is 0 Å². The van der Waals surface area contributed by atoms with Gasteiger partial charge in [0.05, 0.1) is 5.69 Å². The van der Waals surface area contributed by atoms with Crippen LogP contribution in [-0.2, 0) is 11.3 Å². The van der Waals surface area contributed by atoms with Crippen LogP contribution in [0.2, 0.25) is 0 Å². The van der Waals surface area contributed by atoms with Crippen LogP contribution in [0.4, 0.5) is 14.5 Å². The van der Waals surface area contributed by atoms with Crippen LogP contribution in [0.25, 0.3) is 0 Å². The summed E-state index contributed by atoms with van der Waals surface area (Å²) in [6.45, 7) is 1.87. The van der Waals surface area contributed by atoms with Crippen LogP contribution in [0, 0.1) is 11.6 Å². The molecule has 0 radical (unpaired) electrons. The van der Waals surface area contributed by atoms with Crippen LogP contribution in [0.3, 0.4) is 0 Å². The van der Waals surface area contributed by atoms with Gasteiger partial charge < -0.3 is 10.2 Å². The number of fused-ring (bicyclic) bond motifs is 1. The molecule has 118 valence electrons. The highest BCUT2D eigenvalue weighted by molar-refractivity contribution is 6.03. The van der Waals surface area contributed by atoms with E-state index >= 15 is 0 Å². The van der Waals surface area contributed by atoms with Crippen molar-refractivity contribution in [2.45, 2.75) is 19.5 Å². The quantitative estimate of drug-likeness (QED) is 0.946. The van der Waals surface area contributed by atoms with Crippen molar-refractivity contribution in [1.29, 1.82) is 0 Å². The fourth-order valence-electron chi connectivity index (χ4n) is 2.56. The van der Waals surface area contributed by atoms with Crippen molar-refractivity contribution in [3.05, 3.63) is 65.2 Å². The molecule has 1 aliphatic heterocycles. The highest BCUT2D eigenvalue weighted by Gasteiger charge is 2.33. The van der Waals surface area contributed by atoms with E-state index in [4.69, 9.17) is 0 Å². The summed E-state index contributed by atoms with van der Waals surface area (Å²) >= 11 is 0. The Morgan fingerprint density at radius 2 is 1.96 bits per heavy atom. The molecule has 0 spiro atoms. The zero-order chi connectivity index (χ0) is 16.6. The maximum Gasteiger partial charge on any atom is 0.255 e. The maximum absolute atomic E-state index is 13.6. The smallest absolute Gasteiger partial charge is 0.255 e. The van der Waals surface area contributed by atoms with E-state index in [1.807, 2.05) is 12.1 Å². The maximum atomic E-state index is 13.6. The Balaban J connectivity index is 1.76. The molecule has 0 saturated carbocycles. The number of halogens is 2. The number of hydrogen-bond acceptors (Lipinski definition) is 2. The first-order valence-electron chi connectivity index (χ1n) is 7.12. The third kappa shape index (κ3) is 2.79. The number of carbonyl (C=O) groups excluding carboxylic acids is 2. The molecule has 0 aliphatic carbocycles. The Morgan fingerprint density at radius 3 is 2.70 bits per heavy atom. The molecule has 1 atom stereocenters. The Morgan fingerprint density at radius 1 is 1.22 bits per heavy atom. The van der Waals surface area contributed by atoms with E-state index in [0.29, 0.717) is 12.1 Å². The van der Waals surface area contributed by atoms with Crippen LogP contribution >= 0.6 is 0 Å². The summed E-state index contributed by atoms with van der Waals surface area (Å²) < 4.78 is 26.8. The molecule has 0 saturated heterocycles. The second-order valence-electron chi connectivity index (χ2n) is 5.38. The van der Waals surface area contributed by atoms with Gasteiger partial charge in [0.15, 0.2) is 0 Å². The molecule has 6 heteroatoms. The van der Waals surface area contributed by atoms with Crippen molar-refractivity contribution in [3.63, 3.8) is 0 Å². The van der Waals surface area contributed by atoms with Gasteiger partial charge in [-0.05, 0) is 30.7 Å². The van der Waals surface area contributed by atoms with Gasteiger partial charge >= 0.3 is 0 Å². The predicted molar refractivity (Wildman–Crippen MR) is 80.8 cm³/mol. The van der Waals surface area contributed by atoms with Crippen LogP contribution in [-0.4, -0.2) is 22.8 Å². The van der Waals surface area contributed by atoms with Gasteiger partial charge in [0.2, 0.25) is 5.91 Å². The number of hydrogen-bond donors (Lipinski definition) is 1. The first-order chi connectivity index (χ1) is 11.0. The highest BCUT2D eigenvalue weighted by Crippen LogP contribution is 2.25. The second-order valence-corrected chi connectivity index (χ2v) is 5.38. The zero-order valence-corrected chi connectivity index (χ0v) is 12.3. The molecule has 1 heterocycles. The van der Waals surface area contributed by atoms with E-state index in [2.05, 4.69) is 5.32 Å². The number of nitrogens with zero attached hydrogens (tertiary/aromatic N) is 1. The van der Waals surface area contributed by atoms with Crippen LogP contribution in [0.15, 0.2) is 42.5 Å². The summed E-state index contributed by atoms with van der Waals surface area (Å²) in [5, 5.41) is 2.33. The zero-order valence-electron chi connectivity index (χ0n) is 12.3. The first kappa shape index (κ1) is 15.1. The normalized spacial score (nSPS) is 14.6. The Hall–Kier alpha value is -2.76. The molecule has 2 amide bonds. The molecule has 0 fully saturated rings. The van der Waals surface area contributed by atoms with Gasteiger partial charge in [0.25, 0.3) is 5.91 Å². The molecule has 4 nitrogen and oxygen atoms in total. The fraction of sp³-hybridized carbons (Fsp3) is 0.176. The summed E-state index contributed by atoms with van der Waals surface area (Å²) in [5.74, 6) is -2.21. The Labute approximate surface area is 131 Å². The molecular weight excluding hydrogens is 302 g/mol. The minimum absolute atomic E-state index is 0.244. The summed E-state index contributed by atoms with van der Waals surface area (Å²) in [6.07, 6.45) is 0. The highest BCUT2D eigenvalue weighted by atomic mass is 19.1. The van der Waals surface area contributed by atoms with E-state index in [0.717, 1.165) is 23.8 Å². The lowest BCUT2D eigenvalue weighted by Crippen LogP contribution is -2.42. The lowest BCUT2D eigenvalue weighted by Gasteiger charge is -2.23. The lowest BCUT2D eigenvalue weighted by molar-refractivity contribution is -0.120. The monoisotopic (exact) mass is 316 g/mol. The van der Waals surface area contributed by atoms with Crippen LogP contribution in [0.5, 0.6) is 0 Å². The largest absolute Gasteiger partial charge is 0.323 e. The molecule has 3 rings (SSSR count). The molecule has 0 aromatic heterocycles. The summed E-state index contributed by atoms with van der Waals surface area (Å²) in [6, 6.07) is 9.11. The van der Waals surface area contributed by atoms with E-state index in [9.17, 15) is 18.4 Å². The SMILES string of the molecule is C[C@@H](C(=O)Nc1cc(F)ccc1F)N1Cc2ccccc2C1=O. The molecule has 2 aromatic rings. The van der Waals surface area contributed by atoms with E-state index in [-0.39, 0.29) is 11.6 Å². The number of nitrogens with one attached hydrogen (secondary N) is 1. The van der Waals surface area contributed by atoms with E-state index in [1.165, 1.54) is 4.90 Å². The second kappa shape index (κ2) is 5.79. The molecule has 23 heavy (non-hydrogen) atoms. The van der Waals surface area contributed by atoms with Gasteiger partial charge in [0, 0.05) is 18.2 Å². The van der Waals surface area contributed by atoms with Crippen molar-refractivity contribution in [2.75, 3.05) is 5.32 Å². The average molecular weight is 316 g/mol. The average Bonchev–Trinajstić information content (AvgIpc) is 2.87. The standard InChI is InChI=1S/C17H14F2N2O2/c1-10(16(22)20-15-8-12(18)6-7-14(15)19)21-9-11-4-2-3-5-13(11)17(21)23/h2-8,10H,9H2,1H3,(H,20,22)/t10-/m0/s1. The number of rotatable bonds is 3. The number of benzene rings is 2. The van der Waals surface area contributed by atoms with Crippen LogP contribution in [0.1, 0.15) is 22.8 Å². The topological polar surface area (TPSA) is 49.4 Å². The minimum Gasteiger partial charge on any atom is -0.323 e. The summed E-state index contributed by atoms with van der Waals surface area (Å²) in [4.78, 5) is 26.0. The molecule has 1 aliphatic rings. The minimum atomic E-state index is -0.808. The lowest BCUT2D eigenvalue weighted by atomic mass is 10.1. The van der Waals surface area contributed by atoms with Gasteiger partial charge in [-0.25, -0.2) is 8.78 Å². The Bertz CT molecular complexity index is 792. The van der Waals surface area contributed by atoms with E-state index < -0.39 is 23.6 Å². The third-order valence-corrected chi connectivity index (χ3v) is 3.88. The fourth-order valence-corrected chi connectivity index (χ4v) is 2.56. The van der Waals surface area contributed by atoms with Gasteiger partial charge in [-0.2, -0.15) is 0 Å². The van der Waals surface area contributed by atoms with Crippen molar-refractivity contribution < 1.29 is 18.4 Å². The van der Waals surface area contributed by atoms with Crippen molar-refractivity contribution >= 4 is 17.5 Å². The summed E-state index contributed by atoms with van der Waals surface area (Å²) in [5.41, 5.74) is 1.16. The van der Waals surface area contributed by atoms with E-state index in [1.54, 1.807) is 19.1 Å². The van der Waals surface area contributed by atoms with Crippen LogP contribution < -0.4 is 5.32 Å². The van der Waals surface area contributed by atoms with Gasteiger partial charge in [0.1, 0.15) is 17.7 Å². The molecule has 2 aromatic carbocycles. The number of amides is 2. The van der Waals surface area contributed by atoms with Crippen molar-refractivity contribution in [2.24, 2.45) is 0 Å². The van der Waals surface area contributed by atoms with Gasteiger partial charge in [-0.3, -0.25) is 9.59 Å². The predicted octanol–water partition coefficient (Wildman–Crippen LogP) is 2.95. The Kier molecular flexibility index (Phi) is 3.82. The molecule has 1 N–H and O–H groups in total. The third-order valence-electron chi connectivity index (χ3n) is 3.88. The number of anilines is 1. The molecule has 0 unspecified atom stereocenters. The molecular formula is C17H14F2N2O2. The molecule has 0 bridgehead atoms.